The first-order valence-corrected chi connectivity index (χ1v) is 13.8. The van der Waals surface area contributed by atoms with Crippen molar-refractivity contribution >= 4 is 39.9 Å². The number of aliphatic imine (C=N–C) groups is 1. The van der Waals surface area contributed by atoms with Gasteiger partial charge < -0.3 is 19.9 Å². The number of amidine groups is 1. The summed E-state index contributed by atoms with van der Waals surface area (Å²) in [7, 11) is 0. The molecule has 40 heavy (non-hydrogen) atoms. The number of benzene rings is 3. The third-order valence-electron chi connectivity index (χ3n) is 7.25. The maximum atomic E-state index is 13.7. The lowest BCUT2D eigenvalue weighted by Gasteiger charge is -2.28. The number of carbonyl (C=O) groups excluding carboxylic acids is 1. The minimum absolute atomic E-state index is 0.111. The van der Waals surface area contributed by atoms with Gasteiger partial charge in [0.25, 0.3) is 5.91 Å². The molecule has 2 aliphatic heterocycles. The first kappa shape index (κ1) is 26.3. The molecular weight excluding hydrogens is 526 g/mol. The summed E-state index contributed by atoms with van der Waals surface area (Å²) in [4.78, 5) is 34.2. The van der Waals surface area contributed by atoms with E-state index in [0.717, 1.165) is 46.8 Å². The molecule has 8 nitrogen and oxygen atoms in total. The molecule has 1 amide bonds. The Morgan fingerprint density at radius 3 is 2.55 bits per heavy atom. The van der Waals surface area contributed by atoms with Crippen molar-refractivity contribution in [3.8, 4) is 0 Å². The molecule has 0 spiro atoms. The Hall–Kier alpha value is -3.98. The Labute approximate surface area is 237 Å². The first-order chi connectivity index (χ1) is 19.5. The zero-order valence-electron chi connectivity index (χ0n) is 22.0. The molecule has 4 aromatic rings. The molecule has 204 valence electrons. The van der Waals surface area contributed by atoms with Crippen LogP contribution in [0.2, 0.25) is 5.02 Å². The van der Waals surface area contributed by atoms with Crippen LogP contribution in [0.3, 0.4) is 0 Å². The molecule has 6 rings (SSSR count). The zero-order valence-corrected chi connectivity index (χ0v) is 22.8. The average molecular weight is 556 g/mol. The van der Waals surface area contributed by atoms with Crippen molar-refractivity contribution in [1.82, 2.24) is 14.8 Å². The highest BCUT2D eigenvalue weighted by Crippen LogP contribution is 2.29. The molecule has 0 saturated carbocycles. The number of nitrogens with zero attached hydrogens (tertiary/aromatic N) is 3. The van der Waals surface area contributed by atoms with Crippen LogP contribution in [-0.2, 0) is 30.9 Å². The lowest BCUT2D eigenvalue weighted by atomic mass is 10.0. The Morgan fingerprint density at radius 2 is 1.77 bits per heavy atom. The Kier molecular flexibility index (Phi) is 7.64. The van der Waals surface area contributed by atoms with Crippen LogP contribution in [0.15, 0.2) is 82.7 Å². The van der Waals surface area contributed by atoms with Gasteiger partial charge in [-0.05, 0) is 41.0 Å². The molecule has 2 aliphatic rings. The van der Waals surface area contributed by atoms with Crippen molar-refractivity contribution in [2.45, 2.75) is 26.2 Å². The van der Waals surface area contributed by atoms with Gasteiger partial charge in [0.2, 0.25) is 5.43 Å². The predicted molar refractivity (Wildman–Crippen MR) is 158 cm³/mol. The SMILES string of the molecule is O=C(NCc1ccc(Cl)cc1)c1cn2c3c(cc(CN4CCOCC4)cc3c1=O)NC(=NCc1ccccc1)C2. The molecule has 0 aliphatic carbocycles. The van der Waals surface area contributed by atoms with Crippen LogP contribution in [0.1, 0.15) is 27.0 Å². The van der Waals surface area contributed by atoms with E-state index in [2.05, 4.69) is 21.6 Å². The monoisotopic (exact) mass is 555 g/mol. The van der Waals surface area contributed by atoms with E-state index in [0.29, 0.717) is 49.8 Å². The molecule has 9 heteroatoms. The number of aromatic nitrogens is 1. The fraction of sp³-hybridized carbons (Fsp3) is 0.258. The van der Waals surface area contributed by atoms with Crippen LogP contribution in [0.25, 0.3) is 10.9 Å². The Bertz CT molecular complexity index is 1630. The molecule has 1 fully saturated rings. The lowest BCUT2D eigenvalue weighted by molar-refractivity contribution is 0.0342. The lowest BCUT2D eigenvalue weighted by Crippen LogP contribution is -2.36. The van der Waals surface area contributed by atoms with E-state index in [1.165, 1.54) is 0 Å². The number of hydrogen-bond donors (Lipinski definition) is 2. The molecule has 1 aromatic heterocycles. The standard InChI is InChI=1S/C31H30ClN5O3/c32-24-8-6-22(7-9-24)17-34-31(39)26-19-37-20-28(33-16-21-4-2-1-3-5-21)35-27-15-23(14-25(29(27)37)30(26)38)18-36-10-12-40-13-11-36/h1-9,14-15,19H,10-13,16-18,20H2,(H,33,35)(H,34,39). The second-order valence-corrected chi connectivity index (χ2v) is 10.5. The molecule has 2 N–H and O–H groups in total. The molecule has 0 radical (unpaired) electrons. The van der Waals surface area contributed by atoms with E-state index < -0.39 is 5.91 Å². The molecule has 0 atom stereocenters. The van der Waals surface area contributed by atoms with E-state index >= 15 is 0 Å². The van der Waals surface area contributed by atoms with Crippen molar-refractivity contribution < 1.29 is 9.53 Å². The number of amides is 1. The smallest absolute Gasteiger partial charge is 0.257 e. The van der Waals surface area contributed by atoms with Gasteiger partial charge in [-0.15, -0.1) is 0 Å². The highest BCUT2D eigenvalue weighted by molar-refractivity contribution is 6.30. The van der Waals surface area contributed by atoms with Gasteiger partial charge >= 0.3 is 0 Å². The van der Waals surface area contributed by atoms with Gasteiger partial charge in [0.05, 0.1) is 37.5 Å². The summed E-state index contributed by atoms with van der Waals surface area (Å²) >= 11 is 5.99. The number of carbonyl (C=O) groups is 1. The van der Waals surface area contributed by atoms with Crippen LogP contribution < -0.4 is 16.1 Å². The Balaban J connectivity index is 1.35. The second-order valence-electron chi connectivity index (χ2n) is 10.1. The summed E-state index contributed by atoms with van der Waals surface area (Å²) in [5.74, 6) is 0.365. The summed E-state index contributed by atoms with van der Waals surface area (Å²) in [6, 6.07) is 21.3. The van der Waals surface area contributed by atoms with Crippen molar-refractivity contribution in [3.05, 3.63) is 110 Å². The number of ether oxygens (including phenoxy) is 1. The molecule has 1 saturated heterocycles. The fourth-order valence-corrected chi connectivity index (χ4v) is 5.31. The normalized spacial score (nSPS) is 16.2. The molecule has 0 bridgehead atoms. The van der Waals surface area contributed by atoms with Gasteiger partial charge in [0, 0.05) is 42.8 Å². The van der Waals surface area contributed by atoms with Crippen LogP contribution in [0.4, 0.5) is 5.69 Å². The number of pyridine rings is 1. The van der Waals surface area contributed by atoms with Gasteiger partial charge in [-0.25, -0.2) is 0 Å². The van der Waals surface area contributed by atoms with Crippen molar-refractivity contribution in [2.75, 3.05) is 31.6 Å². The molecule has 0 unspecified atom stereocenters. The van der Waals surface area contributed by atoms with Crippen LogP contribution >= 0.6 is 11.6 Å². The van der Waals surface area contributed by atoms with Crippen LogP contribution in [-0.4, -0.2) is 47.5 Å². The summed E-state index contributed by atoms with van der Waals surface area (Å²) in [5.41, 5.74) is 4.44. The Morgan fingerprint density at radius 1 is 1.00 bits per heavy atom. The summed E-state index contributed by atoms with van der Waals surface area (Å²) in [5, 5.41) is 7.52. The van der Waals surface area contributed by atoms with Crippen molar-refractivity contribution in [1.29, 1.82) is 0 Å². The zero-order chi connectivity index (χ0) is 27.5. The van der Waals surface area contributed by atoms with Crippen LogP contribution in [0.5, 0.6) is 0 Å². The van der Waals surface area contributed by atoms with Gasteiger partial charge in [0.1, 0.15) is 11.4 Å². The minimum atomic E-state index is -0.410. The highest BCUT2D eigenvalue weighted by atomic mass is 35.5. The maximum absolute atomic E-state index is 13.7. The van der Waals surface area contributed by atoms with E-state index in [4.69, 9.17) is 21.3 Å². The third-order valence-corrected chi connectivity index (χ3v) is 7.50. The largest absolute Gasteiger partial charge is 0.379 e. The number of morpholine rings is 1. The molecular formula is C31H30ClN5O3. The number of halogens is 1. The average Bonchev–Trinajstić information content (AvgIpc) is 2.98. The summed E-state index contributed by atoms with van der Waals surface area (Å²) in [6.45, 7) is 5.00. The summed E-state index contributed by atoms with van der Waals surface area (Å²) < 4.78 is 7.46. The number of nitrogens with one attached hydrogen (secondary N) is 2. The highest BCUT2D eigenvalue weighted by Gasteiger charge is 2.23. The van der Waals surface area contributed by atoms with Gasteiger partial charge in [-0.1, -0.05) is 54.1 Å². The number of anilines is 1. The van der Waals surface area contributed by atoms with Crippen molar-refractivity contribution in [2.24, 2.45) is 4.99 Å². The summed E-state index contributed by atoms with van der Waals surface area (Å²) in [6.07, 6.45) is 1.66. The van der Waals surface area contributed by atoms with E-state index in [-0.39, 0.29) is 11.0 Å². The van der Waals surface area contributed by atoms with E-state index in [1.54, 1.807) is 18.3 Å². The number of hydrogen-bond acceptors (Lipinski definition) is 5. The first-order valence-electron chi connectivity index (χ1n) is 13.4. The topological polar surface area (TPSA) is 88.0 Å². The quantitative estimate of drug-likeness (QED) is 0.352. The van der Waals surface area contributed by atoms with Crippen molar-refractivity contribution in [3.63, 3.8) is 0 Å². The maximum Gasteiger partial charge on any atom is 0.257 e. The van der Waals surface area contributed by atoms with Crippen LogP contribution in [0, 0.1) is 0 Å². The van der Waals surface area contributed by atoms with Gasteiger partial charge in [-0.2, -0.15) is 0 Å². The fourth-order valence-electron chi connectivity index (χ4n) is 5.19. The van der Waals surface area contributed by atoms with E-state index in [9.17, 15) is 9.59 Å². The van der Waals surface area contributed by atoms with E-state index in [1.807, 2.05) is 53.1 Å². The van der Waals surface area contributed by atoms with Gasteiger partial charge in [0.15, 0.2) is 0 Å². The number of rotatable bonds is 7. The van der Waals surface area contributed by atoms with Gasteiger partial charge in [-0.3, -0.25) is 19.5 Å². The molecule has 3 heterocycles. The third kappa shape index (κ3) is 5.79. The molecule has 3 aromatic carbocycles. The predicted octanol–water partition coefficient (Wildman–Crippen LogP) is 4.44. The minimum Gasteiger partial charge on any atom is -0.379 e. The second kappa shape index (κ2) is 11.6.